The number of amides is 2. The Labute approximate surface area is 163 Å². The van der Waals surface area contributed by atoms with Gasteiger partial charge < -0.3 is 15.4 Å². The van der Waals surface area contributed by atoms with E-state index in [0.29, 0.717) is 23.5 Å². The van der Waals surface area contributed by atoms with E-state index in [2.05, 4.69) is 20.9 Å². The van der Waals surface area contributed by atoms with Gasteiger partial charge in [0, 0.05) is 12.2 Å². The maximum absolute atomic E-state index is 12.0. The summed E-state index contributed by atoms with van der Waals surface area (Å²) in [7, 11) is 0. The van der Waals surface area contributed by atoms with Crippen LogP contribution in [0.5, 0.6) is 0 Å². The van der Waals surface area contributed by atoms with Crippen LogP contribution in [0.3, 0.4) is 0 Å². The zero-order valence-electron chi connectivity index (χ0n) is 16.2. The highest BCUT2D eigenvalue weighted by atomic mass is 16.5. The molecule has 0 fully saturated rings. The highest BCUT2D eigenvalue weighted by Gasteiger charge is 2.18. The Bertz CT molecular complexity index is 838. The lowest BCUT2D eigenvalue weighted by Crippen LogP contribution is -2.30. The highest BCUT2D eigenvalue weighted by Crippen LogP contribution is 2.20. The van der Waals surface area contributed by atoms with Crippen LogP contribution in [0, 0.1) is 0 Å². The molecule has 0 spiro atoms. The van der Waals surface area contributed by atoms with Crippen LogP contribution >= 0.6 is 0 Å². The summed E-state index contributed by atoms with van der Waals surface area (Å²) in [5, 5.41) is 8.17. The molecule has 2 amide bonds. The van der Waals surface area contributed by atoms with Gasteiger partial charge in [0.25, 0.3) is 0 Å². The summed E-state index contributed by atoms with van der Waals surface area (Å²) in [5.41, 5.74) is 2.84. The number of anilines is 1. The zero-order valence-corrected chi connectivity index (χ0v) is 16.2. The fraction of sp³-hybridized carbons (Fsp3) is 0.300. The molecule has 0 saturated heterocycles. The van der Waals surface area contributed by atoms with E-state index in [4.69, 9.17) is 4.74 Å². The molecule has 1 aliphatic rings. The average Bonchev–Trinajstić information content (AvgIpc) is 2.65. The summed E-state index contributed by atoms with van der Waals surface area (Å²) in [4.78, 5) is 39.6. The van der Waals surface area contributed by atoms with Crippen LogP contribution < -0.4 is 16.0 Å². The van der Waals surface area contributed by atoms with E-state index in [1.807, 2.05) is 19.1 Å². The standard InChI is InChI=1S/C20H24N4O4/c1-4-21-19(26)12-22-14-6-8-15(9-7-14)23-16-11-17(18(25)10-13(16)3)24-20(27)28-5-2/h6-11,22H,4-5,12H2,1-3H3,(H,21,26)(H,24,27). The van der Waals surface area contributed by atoms with Gasteiger partial charge in [0.15, 0.2) is 0 Å². The van der Waals surface area contributed by atoms with Gasteiger partial charge in [0.2, 0.25) is 11.7 Å². The first-order valence-electron chi connectivity index (χ1n) is 9.00. The zero-order chi connectivity index (χ0) is 20.5. The predicted octanol–water partition coefficient (Wildman–Crippen LogP) is 2.47. The first-order valence-corrected chi connectivity index (χ1v) is 9.00. The summed E-state index contributed by atoms with van der Waals surface area (Å²) in [5.74, 6) is -0.388. The number of nitrogens with zero attached hydrogens (tertiary/aromatic N) is 1. The highest BCUT2D eigenvalue weighted by molar-refractivity contribution is 6.22. The molecule has 0 radical (unpaired) electrons. The lowest BCUT2D eigenvalue weighted by molar-refractivity contribution is -0.119. The van der Waals surface area contributed by atoms with Gasteiger partial charge >= 0.3 is 6.09 Å². The van der Waals surface area contributed by atoms with Crippen molar-refractivity contribution in [2.45, 2.75) is 20.8 Å². The minimum atomic E-state index is -0.683. The van der Waals surface area contributed by atoms with Crippen molar-refractivity contribution < 1.29 is 19.1 Å². The number of ketones is 1. The molecule has 1 aromatic carbocycles. The van der Waals surface area contributed by atoms with Crippen molar-refractivity contribution in [2.75, 3.05) is 25.0 Å². The quantitative estimate of drug-likeness (QED) is 0.626. The van der Waals surface area contributed by atoms with Crippen molar-refractivity contribution in [3.63, 3.8) is 0 Å². The van der Waals surface area contributed by atoms with Gasteiger partial charge in [-0.1, -0.05) is 0 Å². The molecule has 2 rings (SSSR count). The predicted molar refractivity (Wildman–Crippen MR) is 108 cm³/mol. The molecule has 0 aromatic heterocycles. The second-order valence-corrected chi connectivity index (χ2v) is 5.95. The first-order chi connectivity index (χ1) is 13.4. The lowest BCUT2D eigenvalue weighted by atomic mass is 10.0. The molecule has 3 N–H and O–H groups in total. The molecule has 0 bridgehead atoms. The van der Waals surface area contributed by atoms with Gasteiger partial charge in [-0.05, 0) is 62.8 Å². The van der Waals surface area contributed by atoms with E-state index in [-0.39, 0.29) is 30.5 Å². The minimum absolute atomic E-state index is 0.0776. The molecular formula is C20H24N4O4. The Kier molecular flexibility index (Phi) is 7.50. The van der Waals surface area contributed by atoms with Gasteiger partial charge in [-0.2, -0.15) is 0 Å². The number of carbonyl (C=O) groups is 3. The van der Waals surface area contributed by atoms with Crippen molar-refractivity contribution >= 4 is 34.9 Å². The summed E-state index contributed by atoms with van der Waals surface area (Å²) in [6, 6.07) is 7.21. The Morgan fingerprint density at radius 3 is 2.46 bits per heavy atom. The Morgan fingerprint density at radius 1 is 1.11 bits per heavy atom. The number of hydrogen-bond donors (Lipinski definition) is 3. The smallest absolute Gasteiger partial charge is 0.411 e. The number of nitrogens with one attached hydrogen (secondary N) is 3. The van der Waals surface area contributed by atoms with Gasteiger partial charge in [-0.25, -0.2) is 9.79 Å². The van der Waals surface area contributed by atoms with Crippen LogP contribution in [0.25, 0.3) is 0 Å². The van der Waals surface area contributed by atoms with E-state index in [0.717, 1.165) is 5.69 Å². The van der Waals surface area contributed by atoms with Crippen molar-refractivity contribution in [3.05, 3.63) is 47.7 Å². The molecule has 0 atom stereocenters. The van der Waals surface area contributed by atoms with Gasteiger partial charge in [0.1, 0.15) is 0 Å². The largest absolute Gasteiger partial charge is 0.450 e. The van der Waals surface area contributed by atoms with Gasteiger partial charge in [-0.15, -0.1) is 0 Å². The maximum Gasteiger partial charge on any atom is 0.411 e. The molecule has 0 unspecified atom stereocenters. The van der Waals surface area contributed by atoms with E-state index in [9.17, 15) is 14.4 Å². The lowest BCUT2D eigenvalue weighted by Gasteiger charge is -2.13. The van der Waals surface area contributed by atoms with E-state index >= 15 is 0 Å². The summed E-state index contributed by atoms with van der Waals surface area (Å²) in [6.45, 7) is 6.32. The number of likely N-dealkylation sites (N-methyl/N-ethyl adjacent to an activating group) is 1. The molecule has 28 heavy (non-hydrogen) atoms. The van der Waals surface area contributed by atoms with Crippen molar-refractivity contribution in [1.29, 1.82) is 0 Å². The van der Waals surface area contributed by atoms with Crippen molar-refractivity contribution in [3.8, 4) is 0 Å². The molecule has 1 aliphatic carbocycles. The molecule has 8 heteroatoms. The van der Waals surface area contributed by atoms with Crippen molar-refractivity contribution in [1.82, 2.24) is 10.6 Å². The third-order valence-electron chi connectivity index (χ3n) is 3.75. The molecule has 0 aliphatic heterocycles. The second-order valence-electron chi connectivity index (χ2n) is 5.95. The third kappa shape index (κ3) is 6.08. The van der Waals surface area contributed by atoms with E-state index in [1.54, 1.807) is 26.0 Å². The number of aliphatic imine (C=N–C) groups is 1. The molecule has 0 saturated carbocycles. The fourth-order valence-electron chi connectivity index (χ4n) is 2.40. The monoisotopic (exact) mass is 384 g/mol. The summed E-state index contributed by atoms with van der Waals surface area (Å²) in [6.07, 6.45) is 2.26. The topological polar surface area (TPSA) is 109 Å². The molecule has 148 valence electrons. The number of benzene rings is 1. The van der Waals surface area contributed by atoms with Crippen LogP contribution in [0.2, 0.25) is 0 Å². The average molecular weight is 384 g/mol. The normalized spacial score (nSPS) is 14.8. The first kappa shape index (κ1) is 20.9. The van der Waals surface area contributed by atoms with Crippen LogP contribution in [-0.4, -0.2) is 43.2 Å². The van der Waals surface area contributed by atoms with E-state index < -0.39 is 6.09 Å². The fourth-order valence-corrected chi connectivity index (χ4v) is 2.40. The van der Waals surface area contributed by atoms with Crippen LogP contribution in [0.1, 0.15) is 20.8 Å². The number of hydrogen-bond acceptors (Lipinski definition) is 6. The molecule has 1 aromatic rings. The Hall–Kier alpha value is -3.42. The van der Waals surface area contributed by atoms with Crippen LogP contribution in [0.15, 0.2) is 52.7 Å². The Morgan fingerprint density at radius 2 is 1.82 bits per heavy atom. The maximum atomic E-state index is 12.0. The number of carbonyl (C=O) groups excluding carboxylic acids is 3. The van der Waals surface area contributed by atoms with Gasteiger partial charge in [-0.3, -0.25) is 14.9 Å². The number of alkyl carbamates (subject to hydrolysis) is 1. The molecular weight excluding hydrogens is 360 g/mol. The van der Waals surface area contributed by atoms with Crippen LogP contribution in [0.4, 0.5) is 16.2 Å². The minimum Gasteiger partial charge on any atom is -0.450 e. The SMILES string of the molecule is CCNC(=O)CNc1ccc(N=C2C=C(NC(=O)OCC)C(=O)C=C2C)cc1. The summed E-state index contributed by atoms with van der Waals surface area (Å²) < 4.78 is 4.80. The van der Waals surface area contributed by atoms with Crippen LogP contribution in [-0.2, 0) is 14.3 Å². The third-order valence-corrected chi connectivity index (χ3v) is 3.75. The number of rotatable bonds is 7. The number of ether oxygens (including phenoxy) is 1. The molecule has 8 nitrogen and oxygen atoms in total. The Balaban J connectivity index is 2.10. The molecule has 0 heterocycles. The number of allylic oxidation sites excluding steroid dienone is 3. The van der Waals surface area contributed by atoms with E-state index in [1.165, 1.54) is 12.2 Å². The summed E-state index contributed by atoms with van der Waals surface area (Å²) >= 11 is 0. The van der Waals surface area contributed by atoms with Crippen molar-refractivity contribution in [2.24, 2.45) is 4.99 Å². The van der Waals surface area contributed by atoms with Gasteiger partial charge in [0.05, 0.1) is 30.2 Å². The second kappa shape index (κ2) is 10.1.